The Balaban J connectivity index is 2.17. The van der Waals surface area contributed by atoms with Gasteiger partial charge in [0.25, 0.3) is 0 Å². The molecule has 0 amide bonds. The molecule has 1 saturated carbocycles. The SMILES string of the molecule is CN(C)C1(C(N)Cc2cc(F)cc(Br)c2)CCCCC1. The number of halogens is 2. The molecule has 1 fully saturated rings. The summed E-state index contributed by atoms with van der Waals surface area (Å²) in [7, 11) is 4.24. The van der Waals surface area contributed by atoms with Gasteiger partial charge in [-0.2, -0.15) is 0 Å². The molecule has 2 N–H and O–H groups in total. The first-order valence-electron chi connectivity index (χ1n) is 7.32. The highest BCUT2D eigenvalue weighted by atomic mass is 79.9. The van der Waals surface area contributed by atoms with Crippen LogP contribution in [0.3, 0.4) is 0 Å². The molecule has 112 valence electrons. The minimum Gasteiger partial charge on any atom is -0.326 e. The zero-order chi connectivity index (χ0) is 14.8. The summed E-state index contributed by atoms with van der Waals surface area (Å²) >= 11 is 3.35. The normalized spacial score (nSPS) is 20.1. The summed E-state index contributed by atoms with van der Waals surface area (Å²) in [6.07, 6.45) is 6.76. The number of nitrogens with two attached hydrogens (primary N) is 1. The van der Waals surface area contributed by atoms with Crippen molar-refractivity contribution in [2.45, 2.75) is 50.1 Å². The van der Waals surface area contributed by atoms with Gasteiger partial charge in [0.2, 0.25) is 0 Å². The van der Waals surface area contributed by atoms with Crippen LogP contribution in [0.2, 0.25) is 0 Å². The van der Waals surface area contributed by atoms with Gasteiger partial charge in [0.15, 0.2) is 0 Å². The van der Waals surface area contributed by atoms with Gasteiger partial charge in [0.1, 0.15) is 5.82 Å². The lowest BCUT2D eigenvalue weighted by atomic mass is 9.74. The highest BCUT2D eigenvalue weighted by Gasteiger charge is 2.39. The van der Waals surface area contributed by atoms with E-state index in [2.05, 4.69) is 34.9 Å². The van der Waals surface area contributed by atoms with Crippen LogP contribution in [-0.2, 0) is 6.42 Å². The van der Waals surface area contributed by atoms with Crippen molar-refractivity contribution in [1.29, 1.82) is 0 Å². The molecule has 4 heteroatoms. The molecule has 1 atom stereocenters. The second-order valence-corrected chi connectivity index (χ2v) is 7.06. The fraction of sp³-hybridized carbons (Fsp3) is 0.625. The fourth-order valence-electron chi connectivity index (χ4n) is 3.49. The lowest BCUT2D eigenvalue weighted by molar-refractivity contribution is 0.0715. The van der Waals surface area contributed by atoms with E-state index in [4.69, 9.17) is 5.73 Å². The summed E-state index contributed by atoms with van der Waals surface area (Å²) in [6.45, 7) is 0. The van der Waals surface area contributed by atoms with Crippen molar-refractivity contribution in [2.75, 3.05) is 14.1 Å². The molecule has 0 bridgehead atoms. The molecule has 1 aromatic carbocycles. The Kier molecular flexibility index (Phi) is 5.21. The summed E-state index contributed by atoms with van der Waals surface area (Å²) in [5, 5.41) is 0. The van der Waals surface area contributed by atoms with Gasteiger partial charge in [-0.1, -0.05) is 35.2 Å². The average molecular weight is 343 g/mol. The lowest BCUT2D eigenvalue weighted by Crippen LogP contribution is -2.59. The predicted octanol–water partition coefficient (Wildman–Crippen LogP) is 3.72. The zero-order valence-electron chi connectivity index (χ0n) is 12.3. The van der Waals surface area contributed by atoms with E-state index in [1.165, 1.54) is 25.3 Å². The van der Waals surface area contributed by atoms with E-state index in [-0.39, 0.29) is 17.4 Å². The Morgan fingerprint density at radius 1 is 1.25 bits per heavy atom. The summed E-state index contributed by atoms with van der Waals surface area (Å²) < 4.78 is 14.3. The van der Waals surface area contributed by atoms with Crippen molar-refractivity contribution in [3.05, 3.63) is 34.1 Å². The standard InChI is InChI=1S/C16H24BrFN2/c1-20(2)16(6-4-3-5-7-16)15(19)10-12-8-13(17)11-14(18)9-12/h8-9,11,15H,3-7,10,19H2,1-2H3. The number of benzene rings is 1. The van der Waals surface area contributed by atoms with E-state index in [1.807, 2.05) is 6.07 Å². The smallest absolute Gasteiger partial charge is 0.124 e. The van der Waals surface area contributed by atoms with Crippen LogP contribution < -0.4 is 5.73 Å². The molecular formula is C16H24BrFN2. The third-order valence-electron chi connectivity index (χ3n) is 4.68. The Hall–Kier alpha value is -0.450. The Morgan fingerprint density at radius 2 is 1.90 bits per heavy atom. The molecule has 0 saturated heterocycles. The molecule has 2 nitrogen and oxygen atoms in total. The Bertz CT molecular complexity index is 436. The maximum absolute atomic E-state index is 13.5. The second-order valence-electron chi connectivity index (χ2n) is 6.15. The number of hydrogen-bond acceptors (Lipinski definition) is 2. The van der Waals surface area contributed by atoms with Crippen molar-refractivity contribution in [3.63, 3.8) is 0 Å². The molecule has 0 aromatic heterocycles. The van der Waals surface area contributed by atoms with Gasteiger partial charge < -0.3 is 10.6 Å². The van der Waals surface area contributed by atoms with E-state index in [0.717, 1.165) is 22.9 Å². The Labute approximate surface area is 129 Å². The summed E-state index contributed by atoms with van der Waals surface area (Å²) in [4.78, 5) is 2.28. The van der Waals surface area contributed by atoms with Gasteiger partial charge in [0, 0.05) is 16.1 Å². The van der Waals surface area contributed by atoms with Gasteiger partial charge in [-0.05, 0) is 57.1 Å². The summed E-state index contributed by atoms with van der Waals surface area (Å²) in [5.41, 5.74) is 7.56. The van der Waals surface area contributed by atoms with Crippen LogP contribution in [0, 0.1) is 5.82 Å². The first kappa shape index (κ1) is 15.9. The van der Waals surface area contributed by atoms with Crippen LogP contribution in [0.4, 0.5) is 4.39 Å². The quantitative estimate of drug-likeness (QED) is 0.903. The minimum atomic E-state index is -0.205. The fourth-order valence-corrected chi connectivity index (χ4v) is 4.00. The van der Waals surface area contributed by atoms with Gasteiger partial charge in [-0.3, -0.25) is 0 Å². The van der Waals surface area contributed by atoms with E-state index >= 15 is 0 Å². The van der Waals surface area contributed by atoms with Crippen LogP contribution in [0.1, 0.15) is 37.7 Å². The van der Waals surface area contributed by atoms with Crippen molar-refractivity contribution in [3.8, 4) is 0 Å². The van der Waals surface area contributed by atoms with Crippen LogP contribution in [-0.4, -0.2) is 30.6 Å². The molecular weight excluding hydrogens is 319 g/mol. The van der Waals surface area contributed by atoms with Crippen molar-refractivity contribution >= 4 is 15.9 Å². The monoisotopic (exact) mass is 342 g/mol. The molecule has 0 spiro atoms. The molecule has 1 aliphatic carbocycles. The lowest BCUT2D eigenvalue weighted by Gasteiger charge is -2.47. The van der Waals surface area contributed by atoms with Gasteiger partial charge in [-0.15, -0.1) is 0 Å². The van der Waals surface area contributed by atoms with Crippen LogP contribution in [0.25, 0.3) is 0 Å². The summed E-state index contributed by atoms with van der Waals surface area (Å²) in [6, 6.07) is 5.08. The van der Waals surface area contributed by atoms with Crippen molar-refractivity contribution < 1.29 is 4.39 Å². The van der Waals surface area contributed by atoms with E-state index in [9.17, 15) is 4.39 Å². The first-order valence-corrected chi connectivity index (χ1v) is 8.11. The molecule has 20 heavy (non-hydrogen) atoms. The largest absolute Gasteiger partial charge is 0.326 e. The molecule has 0 heterocycles. The number of hydrogen-bond donors (Lipinski definition) is 1. The van der Waals surface area contributed by atoms with Crippen LogP contribution >= 0.6 is 15.9 Å². The highest BCUT2D eigenvalue weighted by molar-refractivity contribution is 9.10. The maximum Gasteiger partial charge on any atom is 0.124 e. The van der Waals surface area contributed by atoms with Gasteiger partial charge in [-0.25, -0.2) is 4.39 Å². The van der Waals surface area contributed by atoms with Crippen molar-refractivity contribution in [2.24, 2.45) is 5.73 Å². The van der Waals surface area contributed by atoms with E-state index in [1.54, 1.807) is 6.07 Å². The molecule has 1 aliphatic rings. The summed E-state index contributed by atoms with van der Waals surface area (Å²) in [5.74, 6) is -0.205. The number of rotatable bonds is 4. The van der Waals surface area contributed by atoms with Crippen LogP contribution in [0.5, 0.6) is 0 Å². The number of likely N-dealkylation sites (N-methyl/N-ethyl adjacent to an activating group) is 1. The predicted molar refractivity (Wildman–Crippen MR) is 85.3 cm³/mol. The zero-order valence-corrected chi connectivity index (χ0v) is 13.9. The molecule has 2 rings (SSSR count). The van der Waals surface area contributed by atoms with Gasteiger partial charge >= 0.3 is 0 Å². The van der Waals surface area contributed by atoms with Crippen LogP contribution in [0.15, 0.2) is 22.7 Å². The van der Waals surface area contributed by atoms with Crippen molar-refractivity contribution in [1.82, 2.24) is 4.90 Å². The Morgan fingerprint density at radius 3 is 2.45 bits per heavy atom. The highest BCUT2D eigenvalue weighted by Crippen LogP contribution is 2.35. The second kappa shape index (κ2) is 6.54. The minimum absolute atomic E-state index is 0.0338. The molecule has 0 aliphatic heterocycles. The molecule has 1 aromatic rings. The molecule has 1 unspecified atom stereocenters. The third-order valence-corrected chi connectivity index (χ3v) is 5.14. The average Bonchev–Trinajstić information content (AvgIpc) is 2.38. The van der Waals surface area contributed by atoms with E-state index in [0.29, 0.717) is 6.42 Å². The molecule has 0 radical (unpaired) electrons. The van der Waals surface area contributed by atoms with E-state index < -0.39 is 0 Å². The van der Waals surface area contributed by atoms with Gasteiger partial charge in [0.05, 0.1) is 0 Å². The topological polar surface area (TPSA) is 29.3 Å². The third kappa shape index (κ3) is 3.41. The maximum atomic E-state index is 13.5. The first-order chi connectivity index (χ1) is 9.44. The number of nitrogens with zero attached hydrogens (tertiary/aromatic N) is 1.